The van der Waals surface area contributed by atoms with E-state index >= 15 is 0 Å². The summed E-state index contributed by atoms with van der Waals surface area (Å²) in [5, 5.41) is 0. The average Bonchev–Trinajstić information content (AvgIpc) is 2.46. The van der Waals surface area contributed by atoms with Gasteiger partial charge in [0.2, 0.25) is 0 Å². The van der Waals surface area contributed by atoms with Gasteiger partial charge in [0.1, 0.15) is 4.99 Å². The molecule has 0 aliphatic rings. The number of unbranched alkanes of at least 4 members (excludes halogenated alkanes) is 2. The highest BCUT2D eigenvalue weighted by Crippen LogP contribution is 2.30. The molecule has 0 saturated heterocycles. The van der Waals surface area contributed by atoms with Gasteiger partial charge >= 0.3 is 0 Å². The first-order chi connectivity index (χ1) is 9.65. The fraction of sp³-hybridized carbons (Fsp3) is 0.562. The predicted octanol–water partition coefficient (Wildman–Crippen LogP) is 4.45. The van der Waals surface area contributed by atoms with Crippen LogP contribution in [0.2, 0.25) is 0 Å². The topological polar surface area (TPSA) is 29.3 Å². The summed E-state index contributed by atoms with van der Waals surface area (Å²) in [6.45, 7) is 6.60. The molecule has 0 aliphatic carbocycles. The Morgan fingerprint density at radius 1 is 1.20 bits per heavy atom. The van der Waals surface area contributed by atoms with E-state index in [1.807, 2.05) is 0 Å². The van der Waals surface area contributed by atoms with Gasteiger partial charge in [-0.3, -0.25) is 0 Å². The van der Waals surface area contributed by atoms with Crippen molar-refractivity contribution in [2.45, 2.75) is 44.4 Å². The lowest BCUT2D eigenvalue weighted by atomic mass is 10.1. The monoisotopic (exact) mass is 310 g/mol. The zero-order chi connectivity index (χ0) is 15.0. The number of hydrogen-bond donors (Lipinski definition) is 1. The van der Waals surface area contributed by atoms with Crippen LogP contribution < -0.4 is 10.6 Å². The molecule has 0 heterocycles. The molecule has 4 heteroatoms. The van der Waals surface area contributed by atoms with Crippen LogP contribution in [-0.2, 0) is 0 Å². The molecular formula is C16H26N2S2. The first-order valence-electron chi connectivity index (χ1n) is 7.37. The molecule has 0 bridgehead atoms. The van der Waals surface area contributed by atoms with Crippen molar-refractivity contribution in [3.8, 4) is 0 Å². The van der Waals surface area contributed by atoms with Crippen molar-refractivity contribution in [1.29, 1.82) is 0 Å². The van der Waals surface area contributed by atoms with E-state index in [1.165, 1.54) is 36.3 Å². The summed E-state index contributed by atoms with van der Waals surface area (Å²) in [4.78, 5) is 4.12. The summed E-state index contributed by atoms with van der Waals surface area (Å²) in [5.74, 6) is 0. The van der Waals surface area contributed by atoms with Gasteiger partial charge in [0, 0.05) is 29.2 Å². The molecule has 0 atom stereocenters. The maximum Gasteiger partial charge on any atom is 0.107 e. The standard InChI is InChI=1S/C16H26N2S2/c1-4-6-11-18(12-7-5-2)13-9-8-10-14(20-3)15(13)16(17)19/h8-10H,4-7,11-12H2,1-3H3,(H2,17,19). The van der Waals surface area contributed by atoms with Crippen LogP contribution in [0.3, 0.4) is 0 Å². The van der Waals surface area contributed by atoms with Crippen molar-refractivity contribution in [3.05, 3.63) is 23.8 Å². The van der Waals surface area contributed by atoms with Gasteiger partial charge in [-0.05, 0) is 31.2 Å². The van der Waals surface area contributed by atoms with Crippen LogP contribution in [0.1, 0.15) is 45.1 Å². The minimum absolute atomic E-state index is 0.503. The van der Waals surface area contributed by atoms with Gasteiger partial charge in [-0.25, -0.2) is 0 Å². The maximum atomic E-state index is 5.98. The lowest BCUT2D eigenvalue weighted by molar-refractivity contribution is 0.677. The number of rotatable bonds is 9. The van der Waals surface area contributed by atoms with Gasteiger partial charge in [-0.15, -0.1) is 11.8 Å². The molecule has 1 aromatic carbocycles. The molecule has 2 N–H and O–H groups in total. The van der Waals surface area contributed by atoms with Crippen LogP contribution in [0, 0.1) is 0 Å². The quantitative estimate of drug-likeness (QED) is 0.539. The number of thioether (sulfide) groups is 1. The van der Waals surface area contributed by atoms with Crippen LogP contribution in [0.5, 0.6) is 0 Å². The minimum atomic E-state index is 0.503. The van der Waals surface area contributed by atoms with Crippen molar-refractivity contribution < 1.29 is 0 Å². The number of hydrogen-bond acceptors (Lipinski definition) is 3. The number of nitrogens with zero attached hydrogens (tertiary/aromatic N) is 1. The molecule has 0 unspecified atom stereocenters. The zero-order valence-corrected chi connectivity index (χ0v) is 14.4. The van der Waals surface area contributed by atoms with Gasteiger partial charge in [0.15, 0.2) is 0 Å². The third-order valence-electron chi connectivity index (χ3n) is 3.37. The summed E-state index contributed by atoms with van der Waals surface area (Å²) in [6, 6.07) is 6.36. The van der Waals surface area contributed by atoms with Crippen LogP contribution in [0.25, 0.3) is 0 Å². The fourth-order valence-corrected chi connectivity index (χ4v) is 3.16. The second-order valence-electron chi connectivity index (χ2n) is 4.91. The second-order valence-corrected chi connectivity index (χ2v) is 6.20. The average molecular weight is 311 g/mol. The Morgan fingerprint density at radius 2 is 1.80 bits per heavy atom. The molecular weight excluding hydrogens is 284 g/mol. The number of anilines is 1. The molecule has 0 saturated carbocycles. The highest BCUT2D eigenvalue weighted by molar-refractivity contribution is 7.98. The van der Waals surface area contributed by atoms with E-state index in [2.05, 4.69) is 43.2 Å². The Bertz CT molecular complexity index is 424. The molecule has 0 spiro atoms. The molecule has 1 aromatic rings. The first kappa shape index (κ1) is 17.3. The molecule has 0 radical (unpaired) electrons. The second kappa shape index (κ2) is 9.24. The molecule has 0 fully saturated rings. The zero-order valence-electron chi connectivity index (χ0n) is 12.8. The molecule has 112 valence electrons. The highest BCUT2D eigenvalue weighted by atomic mass is 32.2. The Kier molecular flexibility index (Phi) is 8.00. The lowest BCUT2D eigenvalue weighted by Gasteiger charge is -2.28. The lowest BCUT2D eigenvalue weighted by Crippen LogP contribution is -2.28. The number of benzene rings is 1. The molecule has 20 heavy (non-hydrogen) atoms. The Labute approximate surface area is 133 Å². The third kappa shape index (κ3) is 4.67. The van der Waals surface area contributed by atoms with Crippen LogP contribution in [-0.4, -0.2) is 24.3 Å². The fourth-order valence-electron chi connectivity index (χ4n) is 2.25. The van der Waals surface area contributed by atoms with E-state index in [9.17, 15) is 0 Å². The van der Waals surface area contributed by atoms with Gasteiger partial charge in [-0.2, -0.15) is 0 Å². The Hall–Kier alpha value is -0.740. The van der Waals surface area contributed by atoms with E-state index in [1.54, 1.807) is 11.8 Å². The molecule has 1 rings (SSSR count). The van der Waals surface area contributed by atoms with Gasteiger partial charge in [0.05, 0.1) is 0 Å². The SMILES string of the molecule is CCCCN(CCCC)c1cccc(SC)c1C(N)=S. The summed E-state index contributed by atoms with van der Waals surface area (Å²) >= 11 is 6.99. The van der Waals surface area contributed by atoms with Crippen LogP contribution >= 0.6 is 24.0 Å². The van der Waals surface area contributed by atoms with Crippen molar-refractivity contribution in [2.24, 2.45) is 5.73 Å². The van der Waals surface area contributed by atoms with E-state index in [-0.39, 0.29) is 0 Å². The molecule has 0 amide bonds. The first-order valence-corrected chi connectivity index (χ1v) is 9.00. The van der Waals surface area contributed by atoms with Gasteiger partial charge in [0.25, 0.3) is 0 Å². The Morgan fingerprint density at radius 3 is 2.25 bits per heavy atom. The van der Waals surface area contributed by atoms with E-state index in [0.29, 0.717) is 4.99 Å². The minimum Gasteiger partial charge on any atom is -0.389 e. The highest BCUT2D eigenvalue weighted by Gasteiger charge is 2.15. The molecule has 2 nitrogen and oxygen atoms in total. The number of nitrogens with two attached hydrogens (primary N) is 1. The van der Waals surface area contributed by atoms with E-state index in [4.69, 9.17) is 18.0 Å². The van der Waals surface area contributed by atoms with Crippen LogP contribution in [0.15, 0.2) is 23.1 Å². The third-order valence-corrected chi connectivity index (χ3v) is 4.36. The van der Waals surface area contributed by atoms with Crippen LogP contribution in [0.4, 0.5) is 5.69 Å². The van der Waals surface area contributed by atoms with Gasteiger partial charge in [-0.1, -0.05) is 45.0 Å². The number of thiocarbonyl (C=S) groups is 1. The van der Waals surface area contributed by atoms with E-state index in [0.717, 1.165) is 18.7 Å². The van der Waals surface area contributed by atoms with Crippen molar-refractivity contribution >= 4 is 34.7 Å². The summed E-state index contributed by atoms with van der Waals surface area (Å²) < 4.78 is 0. The van der Waals surface area contributed by atoms with E-state index < -0.39 is 0 Å². The normalized spacial score (nSPS) is 10.6. The van der Waals surface area contributed by atoms with Crippen molar-refractivity contribution in [3.63, 3.8) is 0 Å². The van der Waals surface area contributed by atoms with Crippen molar-refractivity contribution in [2.75, 3.05) is 24.2 Å². The molecule has 0 aliphatic heterocycles. The summed E-state index contributed by atoms with van der Waals surface area (Å²) in [7, 11) is 0. The summed E-state index contributed by atoms with van der Waals surface area (Å²) in [5.41, 5.74) is 8.22. The van der Waals surface area contributed by atoms with Gasteiger partial charge < -0.3 is 10.6 Å². The van der Waals surface area contributed by atoms with Crippen molar-refractivity contribution in [1.82, 2.24) is 0 Å². The molecule has 0 aromatic heterocycles. The Balaban J connectivity index is 3.13. The smallest absolute Gasteiger partial charge is 0.107 e. The predicted molar refractivity (Wildman–Crippen MR) is 96.1 cm³/mol. The maximum absolute atomic E-state index is 5.98. The largest absolute Gasteiger partial charge is 0.389 e. The summed E-state index contributed by atoms with van der Waals surface area (Å²) in [6.07, 6.45) is 6.87.